The first-order chi connectivity index (χ1) is 15.0. The maximum absolute atomic E-state index is 12.9. The minimum Gasteiger partial charge on any atom is -0.508 e. The van der Waals surface area contributed by atoms with Gasteiger partial charge in [-0.3, -0.25) is 14.4 Å². The van der Waals surface area contributed by atoms with Crippen LogP contribution in [-0.4, -0.2) is 50.0 Å². The van der Waals surface area contributed by atoms with Crippen LogP contribution in [0.2, 0.25) is 0 Å². The first kappa shape index (κ1) is 19.6. The summed E-state index contributed by atoms with van der Waals surface area (Å²) in [4.78, 5) is 15.3. The topological polar surface area (TPSA) is 109 Å². The number of nitrogens with one attached hydrogen (secondary N) is 1. The highest BCUT2D eigenvalue weighted by atomic mass is 16.3. The zero-order valence-electron chi connectivity index (χ0n) is 17.2. The molecular weight excluding hydrogens is 392 g/mol. The number of hydrogen-bond donors (Lipinski definition) is 3. The van der Waals surface area contributed by atoms with Gasteiger partial charge in [0.2, 0.25) is 5.91 Å². The van der Waals surface area contributed by atoms with E-state index >= 15 is 0 Å². The largest absolute Gasteiger partial charge is 0.508 e. The van der Waals surface area contributed by atoms with Crippen LogP contribution in [0, 0.1) is 11.8 Å². The number of aromatic hydroxyl groups is 1. The van der Waals surface area contributed by atoms with Crippen LogP contribution in [-0.2, 0) is 11.3 Å². The number of rotatable bonds is 5. The van der Waals surface area contributed by atoms with Crippen LogP contribution in [0.5, 0.6) is 5.75 Å². The van der Waals surface area contributed by atoms with E-state index in [-0.39, 0.29) is 17.6 Å². The minimum absolute atomic E-state index is 0.0310. The normalized spacial score (nSPS) is 24.8. The molecule has 8 nitrogen and oxygen atoms in total. The maximum atomic E-state index is 12.9. The molecule has 8 heteroatoms. The van der Waals surface area contributed by atoms with Crippen molar-refractivity contribution in [3.8, 4) is 17.0 Å². The van der Waals surface area contributed by atoms with Crippen LogP contribution < -0.4 is 11.1 Å². The van der Waals surface area contributed by atoms with E-state index < -0.39 is 0 Å². The highest BCUT2D eigenvalue weighted by molar-refractivity contribution is 5.93. The second-order valence-electron chi connectivity index (χ2n) is 8.53. The molecule has 4 atom stereocenters. The zero-order chi connectivity index (χ0) is 21.4. The lowest BCUT2D eigenvalue weighted by molar-refractivity contribution is -0.127. The summed E-state index contributed by atoms with van der Waals surface area (Å²) in [5, 5.41) is 21.2. The van der Waals surface area contributed by atoms with Crippen molar-refractivity contribution in [2.75, 3.05) is 24.1 Å². The molecule has 2 bridgehead atoms. The van der Waals surface area contributed by atoms with Gasteiger partial charge in [0.25, 0.3) is 0 Å². The Bertz CT molecular complexity index is 1100. The monoisotopic (exact) mass is 418 g/mol. The third kappa shape index (κ3) is 4.11. The van der Waals surface area contributed by atoms with E-state index in [1.807, 2.05) is 35.1 Å². The summed E-state index contributed by atoms with van der Waals surface area (Å²) < 4.78 is 1.89. The van der Waals surface area contributed by atoms with Gasteiger partial charge in [-0.15, -0.1) is 5.10 Å². The van der Waals surface area contributed by atoms with Gasteiger partial charge < -0.3 is 16.2 Å². The number of aromatic nitrogens is 3. The number of anilines is 2. The molecule has 0 spiro atoms. The molecule has 3 aromatic rings. The van der Waals surface area contributed by atoms with Crippen LogP contribution in [0.15, 0.2) is 54.7 Å². The van der Waals surface area contributed by atoms with E-state index in [1.165, 1.54) is 0 Å². The molecule has 6 rings (SSSR count). The number of hydrogen-bond acceptors (Lipinski definition) is 6. The fourth-order valence-electron chi connectivity index (χ4n) is 4.88. The van der Waals surface area contributed by atoms with E-state index in [0.29, 0.717) is 23.3 Å². The molecule has 1 unspecified atom stereocenters. The van der Waals surface area contributed by atoms with Gasteiger partial charge in [-0.2, -0.15) is 0 Å². The Morgan fingerprint density at radius 2 is 2.10 bits per heavy atom. The predicted octanol–water partition coefficient (Wildman–Crippen LogP) is 2.58. The molecule has 2 aromatic carbocycles. The summed E-state index contributed by atoms with van der Waals surface area (Å²) >= 11 is 0. The Labute approximate surface area is 180 Å². The molecule has 3 aliphatic rings. The number of nitrogen functional groups attached to an aromatic ring is 1. The van der Waals surface area contributed by atoms with Crippen molar-refractivity contribution in [3.63, 3.8) is 0 Å². The Kier molecular flexibility index (Phi) is 5.07. The SMILES string of the molecule is Nc1cccc(-c2cn(C[C@H]3C[C@@H]4CCN3C[C@@H]4C(=O)Nc3cccc(O)c3)nn2)c1. The van der Waals surface area contributed by atoms with Gasteiger partial charge in [0.15, 0.2) is 0 Å². The van der Waals surface area contributed by atoms with Gasteiger partial charge in [-0.1, -0.05) is 23.4 Å². The van der Waals surface area contributed by atoms with Crippen molar-refractivity contribution in [1.82, 2.24) is 19.9 Å². The van der Waals surface area contributed by atoms with Crippen molar-refractivity contribution in [2.45, 2.75) is 25.4 Å². The second kappa shape index (κ2) is 8.03. The molecule has 0 radical (unpaired) electrons. The summed E-state index contributed by atoms with van der Waals surface area (Å²) in [6, 6.07) is 14.7. The molecule has 1 aromatic heterocycles. The zero-order valence-corrected chi connectivity index (χ0v) is 17.2. The number of phenols is 1. The third-order valence-electron chi connectivity index (χ3n) is 6.45. The fourth-order valence-corrected chi connectivity index (χ4v) is 4.88. The third-order valence-corrected chi connectivity index (χ3v) is 6.45. The maximum Gasteiger partial charge on any atom is 0.229 e. The first-order valence-corrected chi connectivity index (χ1v) is 10.6. The molecule has 4 heterocycles. The van der Waals surface area contributed by atoms with Gasteiger partial charge in [-0.05, 0) is 49.6 Å². The molecule has 4 N–H and O–H groups in total. The van der Waals surface area contributed by atoms with Crippen molar-refractivity contribution in [2.24, 2.45) is 11.8 Å². The van der Waals surface area contributed by atoms with Crippen LogP contribution in [0.1, 0.15) is 12.8 Å². The van der Waals surface area contributed by atoms with Crippen LogP contribution in [0.25, 0.3) is 11.3 Å². The smallest absolute Gasteiger partial charge is 0.229 e. The molecule has 160 valence electrons. The van der Waals surface area contributed by atoms with Gasteiger partial charge in [0.05, 0.1) is 18.7 Å². The van der Waals surface area contributed by atoms with E-state index in [2.05, 4.69) is 20.5 Å². The molecular formula is C23H26N6O2. The van der Waals surface area contributed by atoms with Crippen molar-refractivity contribution < 1.29 is 9.90 Å². The molecule has 0 aliphatic carbocycles. The van der Waals surface area contributed by atoms with Gasteiger partial charge in [0.1, 0.15) is 11.4 Å². The molecule has 0 saturated carbocycles. The quantitative estimate of drug-likeness (QED) is 0.550. The average molecular weight is 419 g/mol. The van der Waals surface area contributed by atoms with Gasteiger partial charge in [-0.25, -0.2) is 0 Å². The standard InChI is InChI=1S/C23H26N6O2/c24-17-4-1-3-16(9-17)22-14-29(27-26-22)12-19-10-15-7-8-28(19)13-21(15)23(31)25-18-5-2-6-20(30)11-18/h1-6,9,11,14-15,19,21,30H,7-8,10,12-13,24H2,(H,25,31)/t15-,19+,21-/m0/s1. The minimum atomic E-state index is -0.0362. The van der Waals surface area contributed by atoms with Crippen LogP contribution in [0.4, 0.5) is 11.4 Å². The van der Waals surface area contributed by atoms with Crippen LogP contribution >= 0.6 is 0 Å². The van der Waals surface area contributed by atoms with Crippen molar-refractivity contribution >= 4 is 17.3 Å². The summed E-state index contributed by atoms with van der Waals surface area (Å²) in [6.45, 7) is 2.51. The summed E-state index contributed by atoms with van der Waals surface area (Å²) in [5.74, 6) is 0.496. The average Bonchev–Trinajstić information content (AvgIpc) is 3.23. The highest BCUT2D eigenvalue weighted by Crippen LogP contribution is 2.37. The number of carbonyl (C=O) groups excluding carboxylic acids is 1. The van der Waals surface area contributed by atoms with E-state index in [0.717, 1.165) is 43.7 Å². The van der Waals surface area contributed by atoms with Crippen molar-refractivity contribution in [1.29, 1.82) is 0 Å². The Morgan fingerprint density at radius 1 is 1.23 bits per heavy atom. The van der Waals surface area contributed by atoms with E-state index in [1.54, 1.807) is 24.3 Å². The summed E-state index contributed by atoms with van der Waals surface area (Å²) in [7, 11) is 0. The number of benzene rings is 2. The van der Waals surface area contributed by atoms with Crippen LogP contribution in [0.3, 0.4) is 0 Å². The molecule has 3 saturated heterocycles. The lowest BCUT2D eigenvalue weighted by atomic mass is 9.75. The van der Waals surface area contributed by atoms with E-state index in [9.17, 15) is 9.90 Å². The Hall–Kier alpha value is -3.39. The Balaban J connectivity index is 1.23. The summed E-state index contributed by atoms with van der Waals surface area (Å²) in [5.41, 5.74) is 8.99. The fraction of sp³-hybridized carbons (Fsp3) is 0.348. The lowest BCUT2D eigenvalue weighted by Crippen LogP contribution is -2.57. The first-order valence-electron chi connectivity index (χ1n) is 10.6. The number of nitrogens with two attached hydrogens (primary N) is 1. The van der Waals surface area contributed by atoms with Crippen molar-refractivity contribution in [3.05, 3.63) is 54.7 Å². The highest BCUT2D eigenvalue weighted by Gasteiger charge is 2.43. The van der Waals surface area contributed by atoms with Gasteiger partial charge >= 0.3 is 0 Å². The number of carbonyl (C=O) groups is 1. The number of nitrogens with zero attached hydrogens (tertiary/aromatic N) is 4. The summed E-state index contributed by atoms with van der Waals surface area (Å²) in [6.07, 6.45) is 3.95. The molecule has 1 amide bonds. The second-order valence-corrected chi connectivity index (χ2v) is 8.53. The molecule has 3 aliphatic heterocycles. The molecule has 31 heavy (non-hydrogen) atoms. The number of amides is 1. The number of fused-ring (bicyclic) bond motifs is 3. The van der Waals surface area contributed by atoms with E-state index in [4.69, 9.17) is 5.73 Å². The predicted molar refractivity (Wildman–Crippen MR) is 118 cm³/mol. The Morgan fingerprint density at radius 3 is 2.87 bits per heavy atom. The lowest BCUT2D eigenvalue weighted by Gasteiger charge is -2.49. The molecule has 3 fully saturated rings. The van der Waals surface area contributed by atoms with Gasteiger partial charge in [0, 0.05) is 35.6 Å². The number of phenolic OH excluding ortho intramolecular Hbond substituents is 1. The number of piperidine rings is 3.